The zero-order chi connectivity index (χ0) is 8.06. The summed E-state index contributed by atoms with van der Waals surface area (Å²) in [7, 11) is 0. The van der Waals surface area contributed by atoms with Gasteiger partial charge in [-0.3, -0.25) is 0 Å². The van der Waals surface area contributed by atoms with Crippen LogP contribution in [-0.4, -0.2) is 0 Å². The molecule has 0 atom stereocenters. The summed E-state index contributed by atoms with van der Waals surface area (Å²) in [6.07, 6.45) is 6.37. The van der Waals surface area contributed by atoms with Crippen molar-refractivity contribution in [2.45, 2.75) is 40.0 Å². The molecule has 0 heteroatoms. The van der Waals surface area contributed by atoms with Gasteiger partial charge in [-0.05, 0) is 37.2 Å². The minimum absolute atomic E-state index is 0.479. The van der Waals surface area contributed by atoms with Crippen LogP contribution in [-0.2, 0) is 0 Å². The first-order valence-corrected chi connectivity index (χ1v) is 4.49. The Morgan fingerprint density at radius 2 is 2.09 bits per heavy atom. The van der Waals surface area contributed by atoms with E-state index in [1.807, 2.05) is 0 Å². The predicted molar refractivity (Wildman–Crippen MR) is 48.4 cm³/mol. The Morgan fingerprint density at radius 3 is 2.73 bits per heavy atom. The Hall–Kier alpha value is -0.520. The lowest BCUT2D eigenvalue weighted by Gasteiger charge is -2.19. The molecule has 0 fully saturated rings. The molecule has 2 rings (SSSR count). The summed E-state index contributed by atoms with van der Waals surface area (Å²) in [5.74, 6) is 0. The van der Waals surface area contributed by atoms with Crippen molar-refractivity contribution in [1.29, 1.82) is 0 Å². The molecule has 0 saturated heterocycles. The topological polar surface area (TPSA) is 0 Å². The Bertz CT molecular complexity index is 251. The van der Waals surface area contributed by atoms with Crippen molar-refractivity contribution in [3.05, 3.63) is 22.8 Å². The number of rotatable bonds is 0. The zero-order valence-corrected chi connectivity index (χ0v) is 7.70. The van der Waals surface area contributed by atoms with Crippen molar-refractivity contribution in [2.24, 2.45) is 5.41 Å². The highest BCUT2D eigenvalue weighted by molar-refractivity contribution is 5.45. The van der Waals surface area contributed by atoms with Crippen molar-refractivity contribution in [1.82, 2.24) is 0 Å². The lowest BCUT2D eigenvalue weighted by atomic mass is 9.86. The quantitative estimate of drug-likeness (QED) is 0.493. The largest absolute Gasteiger partial charge is 0.0690 e. The summed E-state index contributed by atoms with van der Waals surface area (Å²) in [6.45, 7) is 6.98. The molecule has 0 N–H and O–H groups in total. The van der Waals surface area contributed by atoms with E-state index in [0.717, 1.165) is 0 Å². The SMILES string of the molecule is CC1=CC2=C(CCC2(C)C)C1. The average Bonchev–Trinajstić information content (AvgIpc) is 2.35. The maximum absolute atomic E-state index is 2.41. The normalized spacial score (nSPS) is 27.4. The fourth-order valence-electron chi connectivity index (χ4n) is 2.33. The van der Waals surface area contributed by atoms with Crippen molar-refractivity contribution >= 4 is 0 Å². The first kappa shape index (κ1) is 7.15. The van der Waals surface area contributed by atoms with E-state index in [0.29, 0.717) is 5.41 Å². The second kappa shape index (κ2) is 2.00. The van der Waals surface area contributed by atoms with Crippen LogP contribution in [0.3, 0.4) is 0 Å². The standard InChI is InChI=1S/C11H16/c1-8-6-9-4-5-11(2,3)10(9)7-8/h7H,4-6H2,1-3H3. The predicted octanol–water partition coefficient (Wildman–Crippen LogP) is 3.45. The molecule has 0 saturated carbocycles. The highest BCUT2D eigenvalue weighted by atomic mass is 14.4. The van der Waals surface area contributed by atoms with E-state index < -0.39 is 0 Å². The molecule has 0 nitrogen and oxygen atoms in total. The summed E-state index contributed by atoms with van der Waals surface area (Å²) in [6, 6.07) is 0. The average molecular weight is 148 g/mol. The van der Waals surface area contributed by atoms with Gasteiger partial charge in [0.15, 0.2) is 0 Å². The van der Waals surface area contributed by atoms with Crippen molar-refractivity contribution in [3.63, 3.8) is 0 Å². The molecule has 0 aromatic heterocycles. The first-order chi connectivity index (χ1) is 5.09. The highest BCUT2D eigenvalue weighted by Crippen LogP contribution is 2.48. The molecule has 0 aromatic rings. The van der Waals surface area contributed by atoms with E-state index in [-0.39, 0.29) is 0 Å². The van der Waals surface area contributed by atoms with Gasteiger partial charge >= 0.3 is 0 Å². The summed E-state index contributed by atoms with van der Waals surface area (Å²) in [4.78, 5) is 0. The molecular formula is C11H16. The highest BCUT2D eigenvalue weighted by Gasteiger charge is 2.33. The van der Waals surface area contributed by atoms with Crippen LogP contribution in [0.1, 0.15) is 40.0 Å². The van der Waals surface area contributed by atoms with E-state index >= 15 is 0 Å². The molecule has 2 aliphatic carbocycles. The van der Waals surface area contributed by atoms with Gasteiger partial charge in [-0.1, -0.05) is 31.1 Å². The van der Waals surface area contributed by atoms with Crippen LogP contribution in [0.4, 0.5) is 0 Å². The van der Waals surface area contributed by atoms with Crippen molar-refractivity contribution in [3.8, 4) is 0 Å². The van der Waals surface area contributed by atoms with Crippen LogP contribution >= 0.6 is 0 Å². The molecule has 60 valence electrons. The molecule has 0 heterocycles. The van der Waals surface area contributed by atoms with Gasteiger partial charge in [-0.15, -0.1) is 0 Å². The second-order valence-corrected chi connectivity index (χ2v) is 4.57. The summed E-state index contributed by atoms with van der Waals surface area (Å²) < 4.78 is 0. The summed E-state index contributed by atoms with van der Waals surface area (Å²) in [5, 5.41) is 0. The van der Waals surface area contributed by atoms with Gasteiger partial charge in [0.05, 0.1) is 0 Å². The van der Waals surface area contributed by atoms with Gasteiger partial charge in [0.2, 0.25) is 0 Å². The molecule has 0 unspecified atom stereocenters. The molecule has 0 bridgehead atoms. The minimum Gasteiger partial charge on any atom is -0.0690 e. The summed E-state index contributed by atoms with van der Waals surface area (Å²) >= 11 is 0. The van der Waals surface area contributed by atoms with Crippen LogP contribution in [0.25, 0.3) is 0 Å². The van der Waals surface area contributed by atoms with Crippen molar-refractivity contribution in [2.75, 3.05) is 0 Å². The maximum atomic E-state index is 2.41. The van der Waals surface area contributed by atoms with Gasteiger partial charge in [0, 0.05) is 0 Å². The summed E-state index contributed by atoms with van der Waals surface area (Å²) in [5.41, 5.74) is 5.40. The fraction of sp³-hybridized carbons (Fsp3) is 0.636. The van der Waals surface area contributed by atoms with E-state index in [2.05, 4.69) is 26.8 Å². The smallest absolute Gasteiger partial charge is 0.0101 e. The third-order valence-corrected chi connectivity index (χ3v) is 3.04. The van der Waals surface area contributed by atoms with Gasteiger partial charge in [0.25, 0.3) is 0 Å². The van der Waals surface area contributed by atoms with Crippen LogP contribution in [0.15, 0.2) is 22.8 Å². The Balaban J connectivity index is 2.37. The molecule has 0 aliphatic heterocycles. The Kier molecular flexibility index (Phi) is 1.30. The van der Waals surface area contributed by atoms with E-state index in [1.165, 1.54) is 19.3 Å². The Labute approximate surface area is 69.0 Å². The molecule has 11 heavy (non-hydrogen) atoms. The first-order valence-electron chi connectivity index (χ1n) is 4.49. The van der Waals surface area contributed by atoms with Gasteiger partial charge < -0.3 is 0 Å². The molecule has 0 aromatic carbocycles. The van der Waals surface area contributed by atoms with E-state index in [4.69, 9.17) is 0 Å². The third-order valence-electron chi connectivity index (χ3n) is 3.04. The lowest BCUT2D eigenvalue weighted by Crippen LogP contribution is -2.07. The van der Waals surface area contributed by atoms with Crippen LogP contribution < -0.4 is 0 Å². The number of hydrogen-bond donors (Lipinski definition) is 0. The van der Waals surface area contributed by atoms with Gasteiger partial charge in [-0.2, -0.15) is 0 Å². The monoisotopic (exact) mass is 148 g/mol. The Morgan fingerprint density at radius 1 is 1.36 bits per heavy atom. The molecule has 2 aliphatic rings. The third kappa shape index (κ3) is 0.962. The van der Waals surface area contributed by atoms with Crippen LogP contribution in [0.2, 0.25) is 0 Å². The molecule has 0 radical (unpaired) electrons. The fourth-order valence-corrected chi connectivity index (χ4v) is 2.33. The zero-order valence-electron chi connectivity index (χ0n) is 7.70. The van der Waals surface area contributed by atoms with Gasteiger partial charge in [-0.25, -0.2) is 0 Å². The molecule has 0 spiro atoms. The molecule has 0 amide bonds. The minimum atomic E-state index is 0.479. The van der Waals surface area contributed by atoms with E-state index in [1.54, 1.807) is 16.7 Å². The maximum Gasteiger partial charge on any atom is -0.0101 e. The van der Waals surface area contributed by atoms with Crippen LogP contribution in [0, 0.1) is 5.41 Å². The van der Waals surface area contributed by atoms with Gasteiger partial charge in [0.1, 0.15) is 0 Å². The number of allylic oxidation sites excluding steroid dienone is 4. The second-order valence-electron chi connectivity index (χ2n) is 4.57. The lowest BCUT2D eigenvalue weighted by molar-refractivity contribution is 0.450. The number of hydrogen-bond acceptors (Lipinski definition) is 0. The van der Waals surface area contributed by atoms with Crippen molar-refractivity contribution < 1.29 is 0 Å². The van der Waals surface area contributed by atoms with E-state index in [9.17, 15) is 0 Å². The van der Waals surface area contributed by atoms with Crippen LogP contribution in [0.5, 0.6) is 0 Å². The molecular weight excluding hydrogens is 132 g/mol.